The maximum Gasteiger partial charge on any atom is 0.237 e. The quantitative estimate of drug-likeness (QED) is 0.118. The van der Waals surface area contributed by atoms with Gasteiger partial charge in [-0.1, -0.05) is 65.7 Å². The second-order valence-electron chi connectivity index (χ2n) is 11.4. The first-order chi connectivity index (χ1) is 24.4. The first kappa shape index (κ1) is 35.0. The highest BCUT2D eigenvalue weighted by molar-refractivity contribution is 6.39. The van der Waals surface area contributed by atoms with Gasteiger partial charge in [0, 0.05) is 73.2 Å². The molecule has 0 bridgehead atoms. The number of hydrogen-bond acceptors (Lipinski definition) is 11. The molecule has 12 nitrogen and oxygen atoms in total. The van der Waals surface area contributed by atoms with Crippen LogP contribution in [0.2, 0.25) is 10.0 Å². The number of hydrogen-bond donors (Lipinski definition) is 3. The van der Waals surface area contributed by atoms with Gasteiger partial charge in [0.05, 0.1) is 48.0 Å². The van der Waals surface area contributed by atoms with Crippen molar-refractivity contribution in [1.29, 1.82) is 0 Å². The molecular formula is C36H36Cl2N8O4. The van der Waals surface area contributed by atoms with Gasteiger partial charge in [-0.3, -0.25) is 14.8 Å². The van der Waals surface area contributed by atoms with Crippen LogP contribution in [0.1, 0.15) is 24.2 Å². The zero-order valence-electron chi connectivity index (χ0n) is 27.6. The third kappa shape index (κ3) is 8.28. The van der Waals surface area contributed by atoms with Crippen LogP contribution in [-0.4, -0.2) is 70.8 Å². The third-order valence-electron chi connectivity index (χ3n) is 8.08. The van der Waals surface area contributed by atoms with Gasteiger partial charge in [-0.2, -0.15) is 0 Å². The Morgan fingerprint density at radius 1 is 0.780 bits per heavy atom. The van der Waals surface area contributed by atoms with E-state index in [2.05, 4.69) is 30.9 Å². The Hall–Kier alpha value is -4.88. The molecule has 0 unspecified atom stereocenters. The third-order valence-corrected chi connectivity index (χ3v) is 8.89. The van der Waals surface area contributed by atoms with Crippen molar-refractivity contribution < 1.29 is 19.0 Å². The van der Waals surface area contributed by atoms with Crippen molar-refractivity contribution in [3.8, 4) is 51.3 Å². The standard InChI is InChI=1S/C36H36Cl2N8O4/c1-48-35-29(18-39-15-16-50-32-11-3-4-14-41-32)42-20-27(45-35)25-9-5-7-23(33(25)37)24-8-6-10-26(34(24)38)28-21-43-30(36(46-28)49-2)19-40-17-22-12-13-31(47)44-22/h3-11,14,20-22,39-40H,12-13,15-19H2,1-2H3,(H,44,47)/t22-/m0/s1. The second-order valence-corrected chi connectivity index (χ2v) is 12.1. The molecule has 0 aliphatic carbocycles. The molecule has 3 aromatic heterocycles. The highest BCUT2D eigenvalue weighted by Crippen LogP contribution is 2.42. The Bertz CT molecular complexity index is 1950. The average molecular weight is 716 g/mol. The van der Waals surface area contributed by atoms with Gasteiger partial charge in [-0.15, -0.1) is 0 Å². The Morgan fingerprint density at radius 2 is 1.38 bits per heavy atom. The number of pyridine rings is 1. The second kappa shape index (κ2) is 16.7. The van der Waals surface area contributed by atoms with Crippen molar-refractivity contribution >= 4 is 29.1 Å². The topological polar surface area (TPSA) is 145 Å². The predicted octanol–water partition coefficient (Wildman–Crippen LogP) is 5.52. The van der Waals surface area contributed by atoms with Crippen LogP contribution in [0, 0.1) is 0 Å². The summed E-state index contributed by atoms with van der Waals surface area (Å²) in [4.78, 5) is 34.3. The van der Waals surface area contributed by atoms with Gasteiger partial charge < -0.3 is 30.2 Å². The zero-order chi connectivity index (χ0) is 34.9. The molecule has 1 atom stereocenters. The van der Waals surface area contributed by atoms with E-state index in [-0.39, 0.29) is 11.9 Å². The molecule has 50 heavy (non-hydrogen) atoms. The van der Waals surface area contributed by atoms with E-state index in [0.29, 0.717) is 101 Å². The summed E-state index contributed by atoms with van der Waals surface area (Å²) >= 11 is 14.1. The summed E-state index contributed by atoms with van der Waals surface area (Å²) in [6.45, 7) is 2.53. The molecule has 258 valence electrons. The lowest BCUT2D eigenvalue weighted by molar-refractivity contribution is -0.119. The maximum atomic E-state index is 11.5. The van der Waals surface area contributed by atoms with E-state index in [1.807, 2.05) is 54.6 Å². The number of carbonyl (C=O) groups is 1. The number of ether oxygens (including phenoxy) is 3. The normalized spacial score (nSPS) is 14.0. The van der Waals surface area contributed by atoms with Crippen LogP contribution in [0.15, 0.2) is 73.2 Å². The Balaban J connectivity index is 1.17. The first-order valence-electron chi connectivity index (χ1n) is 16.1. The molecule has 0 saturated carbocycles. The fourth-order valence-corrected chi connectivity index (χ4v) is 6.21. The van der Waals surface area contributed by atoms with Gasteiger partial charge in [0.15, 0.2) is 0 Å². The average Bonchev–Trinajstić information content (AvgIpc) is 3.57. The Labute approximate surface area is 300 Å². The molecule has 0 spiro atoms. The molecular weight excluding hydrogens is 679 g/mol. The summed E-state index contributed by atoms with van der Waals surface area (Å²) in [5.41, 5.74) is 5.19. The van der Waals surface area contributed by atoms with Crippen molar-refractivity contribution in [2.45, 2.75) is 32.0 Å². The maximum absolute atomic E-state index is 11.5. The van der Waals surface area contributed by atoms with Gasteiger partial charge in [-0.05, 0) is 12.5 Å². The van der Waals surface area contributed by atoms with Gasteiger partial charge in [-0.25, -0.2) is 15.0 Å². The number of rotatable bonds is 15. The van der Waals surface area contributed by atoms with E-state index in [4.69, 9.17) is 47.4 Å². The summed E-state index contributed by atoms with van der Waals surface area (Å²) in [5, 5.41) is 10.5. The molecule has 1 saturated heterocycles. The van der Waals surface area contributed by atoms with Gasteiger partial charge in [0.2, 0.25) is 23.5 Å². The number of benzene rings is 2. The summed E-state index contributed by atoms with van der Waals surface area (Å²) in [7, 11) is 3.11. The molecule has 6 rings (SSSR count). The minimum atomic E-state index is 0.0812. The SMILES string of the molecule is COc1nc(-c2cccc(-c3cccc(-c4cnc(CNC[C@@H]5CCC(=O)N5)c(OC)n4)c3Cl)c2Cl)cnc1CNCCOc1ccccn1. The molecule has 1 aliphatic heterocycles. The summed E-state index contributed by atoms with van der Waals surface area (Å²) in [6.07, 6.45) is 6.40. The van der Waals surface area contributed by atoms with Crippen molar-refractivity contribution in [2.24, 2.45) is 0 Å². The number of amides is 1. The van der Waals surface area contributed by atoms with Gasteiger partial charge in [0.1, 0.15) is 18.0 Å². The van der Waals surface area contributed by atoms with E-state index in [9.17, 15) is 4.79 Å². The van der Waals surface area contributed by atoms with Crippen molar-refractivity contribution in [3.63, 3.8) is 0 Å². The Morgan fingerprint density at radius 3 is 1.92 bits per heavy atom. The molecule has 1 amide bonds. The smallest absolute Gasteiger partial charge is 0.237 e. The summed E-state index contributed by atoms with van der Waals surface area (Å²) in [5.74, 6) is 1.43. The summed E-state index contributed by atoms with van der Waals surface area (Å²) < 4.78 is 16.8. The van der Waals surface area contributed by atoms with E-state index < -0.39 is 0 Å². The summed E-state index contributed by atoms with van der Waals surface area (Å²) in [6, 6.07) is 17.0. The van der Waals surface area contributed by atoms with E-state index in [0.717, 1.165) is 17.5 Å². The van der Waals surface area contributed by atoms with Crippen molar-refractivity contribution in [2.75, 3.05) is 33.9 Å². The number of aromatic nitrogens is 5. The molecule has 3 N–H and O–H groups in total. The zero-order valence-corrected chi connectivity index (χ0v) is 29.1. The van der Waals surface area contributed by atoms with Crippen LogP contribution < -0.4 is 30.2 Å². The van der Waals surface area contributed by atoms with Crippen LogP contribution in [0.5, 0.6) is 17.6 Å². The predicted molar refractivity (Wildman–Crippen MR) is 191 cm³/mol. The first-order valence-corrected chi connectivity index (χ1v) is 16.8. The fraction of sp³-hybridized carbons (Fsp3) is 0.278. The lowest BCUT2D eigenvalue weighted by Gasteiger charge is -2.15. The number of nitrogens with one attached hydrogen (secondary N) is 3. The van der Waals surface area contributed by atoms with Crippen LogP contribution in [0.25, 0.3) is 33.6 Å². The number of halogens is 2. The lowest BCUT2D eigenvalue weighted by atomic mass is 9.98. The Kier molecular flexibility index (Phi) is 11.7. The fourth-order valence-electron chi connectivity index (χ4n) is 5.56. The highest BCUT2D eigenvalue weighted by Gasteiger charge is 2.21. The monoisotopic (exact) mass is 714 g/mol. The highest BCUT2D eigenvalue weighted by atomic mass is 35.5. The molecule has 4 heterocycles. The molecule has 5 aromatic rings. The molecule has 14 heteroatoms. The van der Waals surface area contributed by atoms with Crippen LogP contribution in [-0.2, 0) is 17.9 Å². The molecule has 1 fully saturated rings. The minimum Gasteiger partial charge on any atom is -0.480 e. The number of carbonyl (C=O) groups excluding carboxylic acids is 1. The molecule has 2 aromatic carbocycles. The van der Waals surface area contributed by atoms with Crippen molar-refractivity contribution in [3.05, 3.63) is 94.6 Å². The number of nitrogens with zero attached hydrogens (tertiary/aromatic N) is 5. The minimum absolute atomic E-state index is 0.0812. The number of methoxy groups -OCH3 is 2. The van der Waals surface area contributed by atoms with Gasteiger partial charge in [0.25, 0.3) is 0 Å². The van der Waals surface area contributed by atoms with E-state index in [1.54, 1.807) is 32.8 Å². The molecule has 1 aliphatic rings. The van der Waals surface area contributed by atoms with E-state index in [1.165, 1.54) is 0 Å². The lowest BCUT2D eigenvalue weighted by Crippen LogP contribution is -2.35. The van der Waals surface area contributed by atoms with Crippen LogP contribution in [0.4, 0.5) is 0 Å². The largest absolute Gasteiger partial charge is 0.480 e. The van der Waals surface area contributed by atoms with E-state index >= 15 is 0 Å². The van der Waals surface area contributed by atoms with Crippen LogP contribution in [0.3, 0.4) is 0 Å². The molecule has 0 radical (unpaired) electrons. The van der Waals surface area contributed by atoms with Crippen LogP contribution >= 0.6 is 23.2 Å². The van der Waals surface area contributed by atoms with Crippen molar-refractivity contribution in [1.82, 2.24) is 40.9 Å². The van der Waals surface area contributed by atoms with Gasteiger partial charge >= 0.3 is 0 Å².